The highest BCUT2D eigenvalue weighted by Crippen LogP contribution is 2.29. The number of rotatable bonds is 7. The minimum absolute atomic E-state index is 0.0377. The Labute approximate surface area is 172 Å². The van der Waals surface area contributed by atoms with Gasteiger partial charge >= 0.3 is 0 Å². The summed E-state index contributed by atoms with van der Waals surface area (Å²) in [5.41, 5.74) is 2.39. The smallest absolute Gasteiger partial charge is 0.220 e. The van der Waals surface area contributed by atoms with E-state index in [9.17, 15) is 4.79 Å². The zero-order valence-electron chi connectivity index (χ0n) is 15.8. The molecule has 4 heteroatoms. The maximum Gasteiger partial charge on any atom is 0.220 e. The minimum Gasteiger partial charge on any atom is -0.353 e. The molecule has 1 aliphatic carbocycles. The van der Waals surface area contributed by atoms with Crippen LogP contribution in [0.15, 0.2) is 48.5 Å². The van der Waals surface area contributed by atoms with Crippen molar-refractivity contribution >= 4 is 29.1 Å². The van der Waals surface area contributed by atoms with Gasteiger partial charge in [0.15, 0.2) is 0 Å². The number of halogens is 2. The second-order valence-electron chi connectivity index (χ2n) is 7.70. The monoisotopic (exact) mass is 403 g/mol. The molecule has 0 aliphatic heterocycles. The van der Waals surface area contributed by atoms with Crippen LogP contribution in [0.4, 0.5) is 0 Å². The standard InChI is InChI=1S/C23H27Cl2NO/c1-16(26-23(27)15-17-4-2-3-5-17)22(19-8-12-21(25)13-9-19)14-18-6-10-20(24)11-7-18/h6-13,16-17,22H,2-5,14-15H2,1H3,(H,26,27). The van der Waals surface area contributed by atoms with Crippen LogP contribution in [0, 0.1) is 5.92 Å². The first-order valence-electron chi connectivity index (χ1n) is 9.80. The quantitative estimate of drug-likeness (QED) is 0.568. The molecule has 144 valence electrons. The molecular formula is C23H27Cl2NO. The third kappa shape index (κ3) is 5.99. The van der Waals surface area contributed by atoms with Crippen molar-refractivity contribution in [1.82, 2.24) is 5.32 Å². The van der Waals surface area contributed by atoms with E-state index in [0.717, 1.165) is 16.5 Å². The zero-order valence-corrected chi connectivity index (χ0v) is 17.3. The molecule has 2 unspecified atom stereocenters. The summed E-state index contributed by atoms with van der Waals surface area (Å²) >= 11 is 12.1. The van der Waals surface area contributed by atoms with Gasteiger partial charge < -0.3 is 5.32 Å². The molecule has 2 aromatic rings. The van der Waals surface area contributed by atoms with E-state index in [1.807, 2.05) is 24.3 Å². The molecule has 3 rings (SSSR count). The fraction of sp³-hybridized carbons (Fsp3) is 0.435. The van der Waals surface area contributed by atoms with E-state index in [0.29, 0.717) is 12.3 Å². The predicted molar refractivity (Wildman–Crippen MR) is 114 cm³/mol. The predicted octanol–water partition coefficient (Wildman–Crippen LogP) is 6.40. The van der Waals surface area contributed by atoms with Crippen LogP contribution < -0.4 is 5.32 Å². The maximum absolute atomic E-state index is 12.5. The van der Waals surface area contributed by atoms with E-state index in [2.05, 4.69) is 36.5 Å². The van der Waals surface area contributed by atoms with Gasteiger partial charge in [-0.2, -0.15) is 0 Å². The lowest BCUT2D eigenvalue weighted by molar-refractivity contribution is -0.122. The number of amides is 1. The van der Waals surface area contributed by atoms with E-state index in [4.69, 9.17) is 23.2 Å². The topological polar surface area (TPSA) is 29.1 Å². The third-order valence-corrected chi connectivity index (χ3v) is 6.11. The molecule has 27 heavy (non-hydrogen) atoms. The van der Waals surface area contributed by atoms with Crippen molar-refractivity contribution in [3.63, 3.8) is 0 Å². The summed E-state index contributed by atoms with van der Waals surface area (Å²) in [4.78, 5) is 12.5. The first-order chi connectivity index (χ1) is 13.0. The van der Waals surface area contributed by atoms with E-state index >= 15 is 0 Å². The Morgan fingerprint density at radius 2 is 1.56 bits per heavy atom. The van der Waals surface area contributed by atoms with Crippen molar-refractivity contribution in [2.45, 2.75) is 57.4 Å². The first kappa shape index (κ1) is 20.2. The van der Waals surface area contributed by atoms with Crippen molar-refractivity contribution in [2.24, 2.45) is 5.92 Å². The molecule has 0 saturated heterocycles. The largest absolute Gasteiger partial charge is 0.353 e. The second-order valence-corrected chi connectivity index (χ2v) is 8.57. The van der Waals surface area contributed by atoms with Crippen molar-refractivity contribution < 1.29 is 4.79 Å². The molecular weight excluding hydrogens is 377 g/mol. The SMILES string of the molecule is CC(NC(=O)CC1CCCC1)C(Cc1ccc(Cl)cc1)c1ccc(Cl)cc1. The molecule has 0 bridgehead atoms. The molecule has 0 heterocycles. The summed E-state index contributed by atoms with van der Waals surface area (Å²) < 4.78 is 0. The first-order valence-corrected chi connectivity index (χ1v) is 10.6. The van der Waals surface area contributed by atoms with Crippen LogP contribution in [0.1, 0.15) is 56.1 Å². The van der Waals surface area contributed by atoms with Gasteiger partial charge in [0.25, 0.3) is 0 Å². The Balaban J connectivity index is 1.72. The molecule has 1 N–H and O–H groups in total. The van der Waals surface area contributed by atoms with Crippen LogP contribution in [0.3, 0.4) is 0 Å². The molecule has 1 amide bonds. The Hall–Kier alpha value is -1.51. The summed E-state index contributed by atoms with van der Waals surface area (Å²) in [6.45, 7) is 2.10. The molecule has 0 radical (unpaired) electrons. The highest BCUT2D eigenvalue weighted by Gasteiger charge is 2.24. The highest BCUT2D eigenvalue weighted by atomic mass is 35.5. The number of hydrogen-bond donors (Lipinski definition) is 1. The van der Waals surface area contributed by atoms with Crippen molar-refractivity contribution in [1.29, 1.82) is 0 Å². The highest BCUT2D eigenvalue weighted by molar-refractivity contribution is 6.30. The van der Waals surface area contributed by atoms with E-state index in [1.54, 1.807) is 0 Å². The lowest BCUT2D eigenvalue weighted by Gasteiger charge is -2.26. The summed E-state index contributed by atoms with van der Waals surface area (Å²) in [7, 11) is 0. The number of nitrogens with one attached hydrogen (secondary N) is 1. The lowest BCUT2D eigenvalue weighted by atomic mass is 9.86. The molecule has 2 atom stereocenters. The van der Waals surface area contributed by atoms with E-state index in [-0.39, 0.29) is 17.9 Å². The van der Waals surface area contributed by atoms with Crippen LogP contribution in [-0.2, 0) is 11.2 Å². The number of hydrogen-bond acceptors (Lipinski definition) is 1. The molecule has 1 aliphatic rings. The van der Waals surface area contributed by atoms with Crippen LogP contribution in [0.2, 0.25) is 10.0 Å². The summed E-state index contributed by atoms with van der Waals surface area (Å²) in [6.07, 6.45) is 6.39. The van der Waals surface area contributed by atoms with Gasteiger partial charge in [0, 0.05) is 28.4 Å². The van der Waals surface area contributed by atoms with Crippen LogP contribution in [0.5, 0.6) is 0 Å². The van der Waals surface area contributed by atoms with Crippen LogP contribution in [0.25, 0.3) is 0 Å². The Morgan fingerprint density at radius 3 is 2.15 bits per heavy atom. The van der Waals surface area contributed by atoms with Crippen LogP contribution in [-0.4, -0.2) is 11.9 Å². The normalized spacial score (nSPS) is 16.9. The van der Waals surface area contributed by atoms with Crippen LogP contribution >= 0.6 is 23.2 Å². The average molecular weight is 404 g/mol. The number of carbonyl (C=O) groups excluding carboxylic acids is 1. The van der Waals surface area contributed by atoms with E-state index in [1.165, 1.54) is 36.8 Å². The van der Waals surface area contributed by atoms with Gasteiger partial charge in [-0.3, -0.25) is 4.79 Å². The lowest BCUT2D eigenvalue weighted by Crippen LogP contribution is -2.38. The second kappa shape index (κ2) is 9.61. The molecule has 1 saturated carbocycles. The molecule has 1 fully saturated rings. The van der Waals surface area contributed by atoms with Gasteiger partial charge in [0.2, 0.25) is 5.91 Å². The fourth-order valence-electron chi connectivity index (χ4n) is 4.06. The van der Waals surface area contributed by atoms with Crippen molar-refractivity contribution in [2.75, 3.05) is 0 Å². The maximum atomic E-state index is 12.5. The fourth-order valence-corrected chi connectivity index (χ4v) is 4.31. The molecule has 0 aromatic heterocycles. The van der Waals surface area contributed by atoms with Gasteiger partial charge in [0.1, 0.15) is 0 Å². The number of benzene rings is 2. The third-order valence-electron chi connectivity index (χ3n) is 5.61. The van der Waals surface area contributed by atoms with Gasteiger partial charge in [-0.25, -0.2) is 0 Å². The summed E-state index contributed by atoms with van der Waals surface area (Å²) in [5, 5.41) is 4.71. The van der Waals surface area contributed by atoms with Crippen molar-refractivity contribution in [3.05, 3.63) is 69.7 Å². The minimum atomic E-state index is 0.0377. The molecule has 2 aromatic carbocycles. The van der Waals surface area contributed by atoms with Gasteiger partial charge in [-0.05, 0) is 67.5 Å². The van der Waals surface area contributed by atoms with Gasteiger partial charge in [0.05, 0.1) is 0 Å². The Morgan fingerprint density at radius 1 is 1.00 bits per heavy atom. The van der Waals surface area contributed by atoms with Gasteiger partial charge in [-0.1, -0.05) is 60.3 Å². The Bertz CT molecular complexity index is 736. The van der Waals surface area contributed by atoms with Gasteiger partial charge in [-0.15, -0.1) is 0 Å². The van der Waals surface area contributed by atoms with E-state index < -0.39 is 0 Å². The zero-order chi connectivity index (χ0) is 19.2. The average Bonchev–Trinajstić information content (AvgIpc) is 3.15. The summed E-state index contributed by atoms with van der Waals surface area (Å²) in [5.74, 6) is 0.905. The summed E-state index contributed by atoms with van der Waals surface area (Å²) in [6, 6.07) is 15.9. The Kier molecular flexibility index (Phi) is 7.20. The number of carbonyl (C=O) groups is 1. The van der Waals surface area contributed by atoms with Crippen molar-refractivity contribution in [3.8, 4) is 0 Å². The molecule has 0 spiro atoms. The molecule has 2 nitrogen and oxygen atoms in total.